The summed E-state index contributed by atoms with van der Waals surface area (Å²) in [6, 6.07) is 9.02. The molecule has 0 aliphatic heterocycles. The van der Waals surface area contributed by atoms with Gasteiger partial charge in [0.05, 0.1) is 5.56 Å². The molecule has 0 aliphatic rings. The highest BCUT2D eigenvalue weighted by atomic mass is 35.5. The fraction of sp³-hybridized carbons (Fsp3) is 0. The first-order valence-electron chi connectivity index (χ1n) is 4.71. The Labute approximate surface area is 108 Å². The van der Waals surface area contributed by atoms with Crippen LogP contribution in [0.1, 0.15) is 10.4 Å². The molecule has 0 fully saturated rings. The highest BCUT2D eigenvalue weighted by Gasteiger charge is 2.12. The number of para-hydroxylation sites is 1. The molecule has 1 N–H and O–H groups in total. The van der Waals surface area contributed by atoms with Crippen LogP contribution in [0, 0.1) is 0 Å². The standard InChI is InChI=1S/C11H7Cl2N3O/c12-9-8(6-14-11(13)16-9)10(17)15-7-4-2-1-3-5-7/h1-6H,(H,15,17). The van der Waals surface area contributed by atoms with Gasteiger partial charge >= 0.3 is 0 Å². The van der Waals surface area contributed by atoms with Crippen LogP contribution in [0.15, 0.2) is 36.5 Å². The summed E-state index contributed by atoms with van der Waals surface area (Å²) in [4.78, 5) is 19.2. The van der Waals surface area contributed by atoms with Crippen molar-refractivity contribution >= 4 is 34.8 Å². The molecule has 0 bridgehead atoms. The molecule has 1 amide bonds. The molecule has 6 heteroatoms. The number of hydrogen-bond donors (Lipinski definition) is 1. The van der Waals surface area contributed by atoms with Gasteiger partial charge < -0.3 is 5.32 Å². The molecule has 86 valence electrons. The first kappa shape index (κ1) is 11.8. The minimum Gasteiger partial charge on any atom is -0.322 e. The molecule has 0 spiro atoms. The van der Waals surface area contributed by atoms with E-state index < -0.39 is 0 Å². The molecular weight excluding hydrogens is 261 g/mol. The van der Waals surface area contributed by atoms with Crippen LogP contribution in [0.2, 0.25) is 10.4 Å². The second-order valence-electron chi connectivity index (χ2n) is 3.16. The molecule has 1 heterocycles. The fourth-order valence-corrected chi connectivity index (χ4v) is 1.60. The van der Waals surface area contributed by atoms with Crippen LogP contribution in [0.4, 0.5) is 5.69 Å². The Bertz CT molecular complexity index is 546. The van der Waals surface area contributed by atoms with Gasteiger partial charge in [-0.1, -0.05) is 29.8 Å². The number of carbonyl (C=O) groups excluding carboxylic acids is 1. The zero-order valence-corrected chi connectivity index (χ0v) is 10.0. The maximum atomic E-state index is 11.8. The summed E-state index contributed by atoms with van der Waals surface area (Å²) in [7, 11) is 0. The lowest BCUT2D eigenvalue weighted by Gasteiger charge is -2.05. The van der Waals surface area contributed by atoms with Crippen molar-refractivity contribution in [3.05, 3.63) is 52.5 Å². The normalized spacial score (nSPS) is 10.0. The highest BCUT2D eigenvalue weighted by molar-refractivity contribution is 6.34. The first-order chi connectivity index (χ1) is 8.16. The summed E-state index contributed by atoms with van der Waals surface area (Å²) >= 11 is 11.3. The SMILES string of the molecule is O=C(Nc1ccccc1)c1cnc(Cl)nc1Cl. The van der Waals surface area contributed by atoms with Gasteiger partial charge in [-0.3, -0.25) is 4.79 Å². The summed E-state index contributed by atoms with van der Waals surface area (Å²) in [5.74, 6) is -0.377. The minimum absolute atomic E-state index is 0.00580. The number of carbonyl (C=O) groups is 1. The Morgan fingerprint density at radius 1 is 1.18 bits per heavy atom. The molecule has 4 nitrogen and oxygen atoms in total. The maximum Gasteiger partial charge on any atom is 0.260 e. The molecule has 1 aromatic carbocycles. The number of aromatic nitrogens is 2. The van der Waals surface area contributed by atoms with Gasteiger partial charge in [0, 0.05) is 11.9 Å². The van der Waals surface area contributed by atoms with Gasteiger partial charge in [0.1, 0.15) is 5.15 Å². The fourth-order valence-electron chi connectivity index (χ4n) is 1.21. The second-order valence-corrected chi connectivity index (χ2v) is 3.86. The average molecular weight is 268 g/mol. The quantitative estimate of drug-likeness (QED) is 0.672. The van der Waals surface area contributed by atoms with E-state index in [1.165, 1.54) is 6.20 Å². The van der Waals surface area contributed by atoms with E-state index in [2.05, 4.69) is 15.3 Å². The van der Waals surface area contributed by atoms with Gasteiger partial charge in [-0.2, -0.15) is 0 Å². The number of rotatable bonds is 2. The van der Waals surface area contributed by atoms with Crippen molar-refractivity contribution in [3.8, 4) is 0 Å². The van der Waals surface area contributed by atoms with Crippen molar-refractivity contribution in [2.75, 3.05) is 5.32 Å². The van der Waals surface area contributed by atoms with Crippen LogP contribution in [0.3, 0.4) is 0 Å². The number of halogens is 2. The predicted octanol–water partition coefficient (Wildman–Crippen LogP) is 3.04. The average Bonchev–Trinajstić information content (AvgIpc) is 2.30. The van der Waals surface area contributed by atoms with Crippen LogP contribution in [0.5, 0.6) is 0 Å². The van der Waals surface area contributed by atoms with E-state index >= 15 is 0 Å². The third-order valence-electron chi connectivity index (χ3n) is 1.99. The molecule has 2 aromatic rings. The van der Waals surface area contributed by atoms with Gasteiger partial charge in [0.2, 0.25) is 5.28 Å². The summed E-state index contributed by atoms with van der Waals surface area (Å²) in [6.07, 6.45) is 1.29. The number of hydrogen-bond acceptors (Lipinski definition) is 3. The number of amides is 1. The van der Waals surface area contributed by atoms with Crippen molar-refractivity contribution in [2.24, 2.45) is 0 Å². The Kier molecular flexibility index (Phi) is 3.56. The molecule has 0 aliphatic carbocycles. The van der Waals surface area contributed by atoms with Crippen molar-refractivity contribution < 1.29 is 4.79 Å². The van der Waals surface area contributed by atoms with E-state index in [0.29, 0.717) is 5.69 Å². The summed E-state index contributed by atoms with van der Waals surface area (Å²) in [6.45, 7) is 0. The Morgan fingerprint density at radius 3 is 2.53 bits per heavy atom. The van der Waals surface area contributed by atoms with Crippen molar-refractivity contribution in [1.29, 1.82) is 0 Å². The Hall–Kier alpha value is -1.65. The molecule has 0 saturated heterocycles. The van der Waals surface area contributed by atoms with Crippen LogP contribution in [-0.2, 0) is 0 Å². The summed E-state index contributed by atoms with van der Waals surface area (Å²) in [5, 5.41) is 2.70. The van der Waals surface area contributed by atoms with Crippen LogP contribution >= 0.6 is 23.2 Å². The first-order valence-corrected chi connectivity index (χ1v) is 5.47. The van der Waals surface area contributed by atoms with Crippen molar-refractivity contribution in [1.82, 2.24) is 9.97 Å². The van der Waals surface area contributed by atoms with Crippen LogP contribution in [0.25, 0.3) is 0 Å². The Morgan fingerprint density at radius 2 is 1.88 bits per heavy atom. The molecule has 0 atom stereocenters. The zero-order chi connectivity index (χ0) is 12.3. The predicted molar refractivity (Wildman–Crippen MR) is 66.4 cm³/mol. The van der Waals surface area contributed by atoms with E-state index in [9.17, 15) is 4.79 Å². The lowest BCUT2D eigenvalue weighted by atomic mass is 10.3. The van der Waals surface area contributed by atoms with E-state index in [1.807, 2.05) is 18.2 Å². The van der Waals surface area contributed by atoms with Crippen molar-refractivity contribution in [3.63, 3.8) is 0 Å². The van der Waals surface area contributed by atoms with Gasteiger partial charge in [0.15, 0.2) is 0 Å². The van der Waals surface area contributed by atoms with Gasteiger partial charge in [-0.05, 0) is 23.7 Å². The third kappa shape index (κ3) is 2.93. The monoisotopic (exact) mass is 267 g/mol. The lowest BCUT2D eigenvalue weighted by Crippen LogP contribution is -2.13. The summed E-state index contributed by atoms with van der Waals surface area (Å²) in [5.41, 5.74) is 0.850. The third-order valence-corrected chi connectivity index (χ3v) is 2.46. The minimum atomic E-state index is -0.377. The Balaban J connectivity index is 2.21. The molecule has 0 radical (unpaired) electrons. The maximum absolute atomic E-state index is 11.8. The van der Waals surface area contributed by atoms with Gasteiger partial charge in [-0.15, -0.1) is 0 Å². The topological polar surface area (TPSA) is 54.9 Å². The van der Waals surface area contributed by atoms with Crippen molar-refractivity contribution in [2.45, 2.75) is 0 Å². The molecule has 0 unspecified atom stereocenters. The van der Waals surface area contributed by atoms with Crippen LogP contribution in [-0.4, -0.2) is 15.9 Å². The second kappa shape index (κ2) is 5.12. The number of nitrogens with one attached hydrogen (secondary N) is 1. The number of anilines is 1. The van der Waals surface area contributed by atoms with E-state index in [1.54, 1.807) is 12.1 Å². The van der Waals surface area contributed by atoms with E-state index in [0.717, 1.165) is 0 Å². The molecule has 1 aromatic heterocycles. The number of benzene rings is 1. The molecule has 17 heavy (non-hydrogen) atoms. The molecule has 2 rings (SSSR count). The smallest absolute Gasteiger partial charge is 0.260 e. The lowest BCUT2D eigenvalue weighted by molar-refractivity contribution is 0.102. The highest BCUT2D eigenvalue weighted by Crippen LogP contribution is 2.16. The van der Waals surface area contributed by atoms with E-state index in [4.69, 9.17) is 23.2 Å². The van der Waals surface area contributed by atoms with Gasteiger partial charge in [0.25, 0.3) is 5.91 Å². The number of nitrogens with zero attached hydrogens (tertiary/aromatic N) is 2. The zero-order valence-electron chi connectivity index (χ0n) is 8.52. The summed E-state index contributed by atoms with van der Waals surface area (Å²) < 4.78 is 0. The molecule has 0 saturated carbocycles. The molecular formula is C11H7Cl2N3O. The van der Waals surface area contributed by atoms with E-state index in [-0.39, 0.29) is 21.9 Å². The largest absolute Gasteiger partial charge is 0.322 e. The van der Waals surface area contributed by atoms with Gasteiger partial charge in [-0.25, -0.2) is 9.97 Å². The van der Waals surface area contributed by atoms with Crippen LogP contribution < -0.4 is 5.32 Å².